The summed E-state index contributed by atoms with van der Waals surface area (Å²) in [5.74, 6) is 0. The fourth-order valence-electron chi connectivity index (χ4n) is 1.11. The van der Waals surface area contributed by atoms with E-state index in [0.717, 1.165) is 5.52 Å². The summed E-state index contributed by atoms with van der Waals surface area (Å²) < 4.78 is 0. The summed E-state index contributed by atoms with van der Waals surface area (Å²) in [4.78, 5) is 0. The van der Waals surface area contributed by atoms with E-state index in [4.69, 9.17) is 10.5 Å². The van der Waals surface area contributed by atoms with Crippen molar-refractivity contribution in [2.45, 2.75) is 0 Å². The van der Waals surface area contributed by atoms with Gasteiger partial charge in [0.1, 0.15) is 23.2 Å². The van der Waals surface area contributed by atoms with E-state index in [0.29, 0.717) is 11.2 Å². The number of hydrogen-bond acceptors (Lipinski definition) is 6. The van der Waals surface area contributed by atoms with Crippen LogP contribution < -0.4 is 5.43 Å². The lowest BCUT2D eigenvalue weighted by Gasteiger charge is -1.97. The molecule has 1 aromatic carbocycles. The summed E-state index contributed by atoms with van der Waals surface area (Å²) in [5.41, 5.74) is 4.39. The largest absolute Gasteiger partial charge is 0.276 e. The molecule has 0 bridgehead atoms. The molecule has 2 aromatic rings. The molecular weight excluding hydrogens is 206 g/mol. The standard InChI is InChI=1S/C9H5N7/c10-4-7(5-11)13-12-6-1-2-8-9(3-6)15-16-14-8/h1-3,12H,(H,14,15,16). The number of rotatable bonds is 2. The third-order valence-corrected chi connectivity index (χ3v) is 1.82. The highest BCUT2D eigenvalue weighted by Gasteiger charge is 1.99. The van der Waals surface area contributed by atoms with E-state index in [2.05, 4.69) is 25.9 Å². The van der Waals surface area contributed by atoms with Crippen molar-refractivity contribution in [3.05, 3.63) is 18.2 Å². The highest BCUT2D eigenvalue weighted by Crippen LogP contribution is 2.14. The number of aromatic amines is 1. The number of fused-ring (bicyclic) bond motifs is 1. The van der Waals surface area contributed by atoms with Crippen LogP contribution in [0.2, 0.25) is 0 Å². The average molecular weight is 211 g/mol. The zero-order valence-electron chi connectivity index (χ0n) is 7.97. The van der Waals surface area contributed by atoms with Crippen molar-refractivity contribution in [3.63, 3.8) is 0 Å². The Morgan fingerprint density at radius 1 is 1.25 bits per heavy atom. The predicted molar refractivity (Wildman–Crippen MR) is 56.2 cm³/mol. The molecule has 0 saturated heterocycles. The maximum Gasteiger partial charge on any atom is 0.237 e. The van der Waals surface area contributed by atoms with Crippen LogP contribution in [0, 0.1) is 22.7 Å². The molecule has 2 rings (SSSR count). The number of nitrogens with zero attached hydrogens (tertiary/aromatic N) is 5. The minimum absolute atomic E-state index is 0.236. The first-order chi connectivity index (χ1) is 7.83. The Kier molecular flexibility index (Phi) is 2.45. The molecule has 16 heavy (non-hydrogen) atoms. The third kappa shape index (κ3) is 1.79. The number of nitriles is 2. The summed E-state index contributed by atoms with van der Waals surface area (Å²) in [6, 6.07) is 8.46. The molecule has 7 heteroatoms. The lowest BCUT2D eigenvalue weighted by atomic mass is 10.3. The number of hydrogen-bond donors (Lipinski definition) is 2. The Morgan fingerprint density at radius 2 is 2.00 bits per heavy atom. The molecule has 2 N–H and O–H groups in total. The van der Waals surface area contributed by atoms with Crippen molar-refractivity contribution >= 4 is 22.4 Å². The highest BCUT2D eigenvalue weighted by molar-refractivity contribution is 6.10. The van der Waals surface area contributed by atoms with Gasteiger partial charge in [0.2, 0.25) is 5.71 Å². The van der Waals surface area contributed by atoms with Crippen molar-refractivity contribution in [2.75, 3.05) is 5.43 Å². The zero-order valence-corrected chi connectivity index (χ0v) is 7.97. The Labute approximate surface area is 90.0 Å². The van der Waals surface area contributed by atoms with Gasteiger partial charge >= 0.3 is 0 Å². The Hall–Kier alpha value is -2.93. The van der Waals surface area contributed by atoms with Gasteiger partial charge in [-0.15, -0.1) is 0 Å². The van der Waals surface area contributed by atoms with Crippen LogP contribution in [-0.4, -0.2) is 21.1 Å². The van der Waals surface area contributed by atoms with Crippen molar-refractivity contribution in [3.8, 4) is 12.1 Å². The van der Waals surface area contributed by atoms with Crippen molar-refractivity contribution < 1.29 is 0 Å². The summed E-state index contributed by atoms with van der Waals surface area (Å²) in [5, 5.41) is 30.8. The van der Waals surface area contributed by atoms with Gasteiger partial charge in [0.15, 0.2) is 0 Å². The first kappa shape index (κ1) is 9.62. The lowest BCUT2D eigenvalue weighted by molar-refractivity contribution is 0.959. The van der Waals surface area contributed by atoms with Gasteiger partial charge in [-0.25, -0.2) is 0 Å². The quantitative estimate of drug-likeness (QED) is 0.562. The number of nitrogens with one attached hydrogen (secondary N) is 2. The Balaban J connectivity index is 2.26. The minimum atomic E-state index is -0.236. The molecule has 0 aliphatic carbocycles. The molecule has 76 valence electrons. The van der Waals surface area contributed by atoms with Crippen LogP contribution in [0.4, 0.5) is 5.69 Å². The van der Waals surface area contributed by atoms with Crippen LogP contribution in [0.3, 0.4) is 0 Å². The van der Waals surface area contributed by atoms with E-state index < -0.39 is 0 Å². The average Bonchev–Trinajstić information content (AvgIpc) is 2.77. The monoisotopic (exact) mass is 211 g/mol. The molecule has 0 unspecified atom stereocenters. The topological polar surface area (TPSA) is 114 Å². The maximum atomic E-state index is 8.47. The molecule has 0 aliphatic heterocycles. The SMILES string of the molecule is N#CC(C#N)=NNc1ccc2n[nH]nc2c1. The summed E-state index contributed by atoms with van der Waals surface area (Å²) >= 11 is 0. The van der Waals surface area contributed by atoms with E-state index in [1.165, 1.54) is 0 Å². The first-order valence-electron chi connectivity index (χ1n) is 4.28. The molecule has 0 atom stereocenters. The number of anilines is 1. The van der Waals surface area contributed by atoms with Crippen molar-refractivity contribution in [2.24, 2.45) is 5.10 Å². The fraction of sp³-hybridized carbons (Fsp3) is 0. The minimum Gasteiger partial charge on any atom is -0.276 e. The second-order valence-electron chi connectivity index (χ2n) is 2.82. The van der Waals surface area contributed by atoms with Crippen LogP contribution in [0.5, 0.6) is 0 Å². The molecule has 0 fully saturated rings. The van der Waals surface area contributed by atoms with E-state index in [-0.39, 0.29) is 5.71 Å². The van der Waals surface area contributed by atoms with E-state index >= 15 is 0 Å². The molecule has 0 radical (unpaired) electrons. The molecule has 1 heterocycles. The van der Waals surface area contributed by atoms with Gasteiger partial charge in [-0.3, -0.25) is 5.43 Å². The van der Waals surface area contributed by atoms with Crippen LogP contribution >= 0.6 is 0 Å². The van der Waals surface area contributed by atoms with Gasteiger partial charge in [0.25, 0.3) is 0 Å². The smallest absolute Gasteiger partial charge is 0.237 e. The molecule has 0 spiro atoms. The van der Waals surface area contributed by atoms with Gasteiger partial charge in [-0.2, -0.15) is 31.0 Å². The summed E-state index contributed by atoms with van der Waals surface area (Å²) in [6.45, 7) is 0. The zero-order chi connectivity index (χ0) is 11.4. The third-order valence-electron chi connectivity index (χ3n) is 1.82. The fourth-order valence-corrected chi connectivity index (χ4v) is 1.11. The van der Waals surface area contributed by atoms with Crippen LogP contribution in [-0.2, 0) is 0 Å². The second-order valence-corrected chi connectivity index (χ2v) is 2.82. The van der Waals surface area contributed by atoms with Crippen molar-refractivity contribution in [1.29, 1.82) is 10.5 Å². The van der Waals surface area contributed by atoms with Gasteiger partial charge in [-0.1, -0.05) is 0 Å². The Bertz CT molecular complexity index is 609. The van der Waals surface area contributed by atoms with Crippen LogP contribution in [0.25, 0.3) is 11.0 Å². The van der Waals surface area contributed by atoms with Gasteiger partial charge in [0, 0.05) is 0 Å². The number of H-pyrrole nitrogens is 1. The maximum absolute atomic E-state index is 8.47. The van der Waals surface area contributed by atoms with Crippen LogP contribution in [0.1, 0.15) is 0 Å². The second kappa shape index (κ2) is 4.07. The lowest BCUT2D eigenvalue weighted by Crippen LogP contribution is -1.96. The predicted octanol–water partition coefficient (Wildman–Crippen LogP) is 0.773. The molecule has 1 aromatic heterocycles. The number of aromatic nitrogens is 3. The molecule has 0 saturated carbocycles. The van der Waals surface area contributed by atoms with Gasteiger partial charge in [0.05, 0.1) is 5.69 Å². The molecular formula is C9H5N7. The van der Waals surface area contributed by atoms with Gasteiger partial charge in [-0.05, 0) is 18.2 Å². The van der Waals surface area contributed by atoms with Gasteiger partial charge < -0.3 is 0 Å². The summed E-state index contributed by atoms with van der Waals surface area (Å²) in [7, 11) is 0. The van der Waals surface area contributed by atoms with E-state index in [1.807, 2.05) is 0 Å². The number of hydrazone groups is 1. The van der Waals surface area contributed by atoms with Crippen LogP contribution in [0.15, 0.2) is 23.3 Å². The molecule has 0 amide bonds. The normalized spacial score (nSPS) is 9.12. The number of benzene rings is 1. The highest BCUT2D eigenvalue weighted by atomic mass is 15.3. The molecule has 0 aliphatic rings. The Morgan fingerprint density at radius 3 is 2.75 bits per heavy atom. The van der Waals surface area contributed by atoms with E-state index in [9.17, 15) is 0 Å². The summed E-state index contributed by atoms with van der Waals surface area (Å²) in [6.07, 6.45) is 0. The van der Waals surface area contributed by atoms with E-state index in [1.54, 1.807) is 30.3 Å². The molecule has 7 nitrogen and oxygen atoms in total. The van der Waals surface area contributed by atoms with Crippen molar-refractivity contribution in [1.82, 2.24) is 15.4 Å². The first-order valence-corrected chi connectivity index (χ1v) is 4.28.